The van der Waals surface area contributed by atoms with Gasteiger partial charge in [-0.1, -0.05) is 24.3 Å². The number of hydrogen-bond donors (Lipinski definition) is 0. The summed E-state index contributed by atoms with van der Waals surface area (Å²) in [7, 11) is 0. The van der Waals surface area contributed by atoms with Crippen LogP contribution in [-0.4, -0.2) is 48.0 Å². The summed E-state index contributed by atoms with van der Waals surface area (Å²) < 4.78 is 23.4. The van der Waals surface area contributed by atoms with Gasteiger partial charge in [-0.15, -0.1) is 0 Å². The molecule has 2 aliphatic heterocycles. The molecule has 0 bridgehead atoms. The van der Waals surface area contributed by atoms with Crippen LogP contribution in [0.5, 0.6) is 0 Å². The Morgan fingerprint density at radius 3 is 2.48 bits per heavy atom. The lowest BCUT2D eigenvalue weighted by atomic mass is 10.0. The first-order valence-corrected chi connectivity index (χ1v) is 9.50. The molecule has 0 saturated carbocycles. The van der Waals surface area contributed by atoms with Crippen LogP contribution in [0.3, 0.4) is 0 Å². The molecule has 4 atom stereocenters. The van der Waals surface area contributed by atoms with E-state index < -0.39 is 29.9 Å². The molecule has 1 aromatic carbocycles. The van der Waals surface area contributed by atoms with Crippen molar-refractivity contribution in [3.8, 4) is 0 Å². The minimum atomic E-state index is -0.921. The molecular formula is C19H26O5S. The van der Waals surface area contributed by atoms with Crippen molar-refractivity contribution < 1.29 is 24.1 Å². The van der Waals surface area contributed by atoms with Gasteiger partial charge in [0, 0.05) is 18.6 Å². The van der Waals surface area contributed by atoms with Gasteiger partial charge in [0.1, 0.15) is 12.2 Å². The van der Waals surface area contributed by atoms with Crippen LogP contribution in [0, 0.1) is 0 Å². The molecule has 0 aliphatic carbocycles. The van der Waals surface area contributed by atoms with Crippen molar-refractivity contribution >= 4 is 16.7 Å². The van der Waals surface area contributed by atoms with E-state index in [2.05, 4.69) is 0 Å². The smallest absolute Gasteiger partial charge is 0.230 e. The zero-order valence-electron chi connectivity index (χ0n) is 15.1. The van der Waals surface area contributed by atoms with E-state index in [1.807, 2.05) is 63.4 Å². The molecule has 0 amide bonds. The predicted octanol–water partition coefficient (Wildman–Crippen LogP) is 1.72. The summed E-state index contributed by atoms with van der Waals surface area (Å²) in [5.41, 5.74) is 0. The van der Waals surface area contributed by atoms with Crippen molar-refractivity contribution in [2.24, 2.45) is 0 Å². The van der Waals surface area contributed by atoms with Crippen LogP contribution in [0.15, 0.2) is 35.2 Å². The Morgan fingerprint density at radius 2 is 1.84 bits per heavy atom. The van der Waals surface area contributed by atoms with E-state index in [1.54, 1.807) is 11.4 Å². The van der Waals surface area contributed by atoms with Crippen molar-refractivity contribution in [1.82, 2.24) is 0 Å². The van der Waals surface area contributed by atoms with E-state index in [-0.39, 0.29) is 6.10 Å². The Kier molecular flexibility index (Phi) is 5.58. The minimum absolute atomic E-state index is 0.292. The van der Waals surface area contributed by atoms with Crippen molar-refractivity contribution in [2.75, 3.05) is 6.61 Å². The molecule has 0 radical (unpaired) electrons. The molecule has 0 aromatic heterocycles. The molecule has 25 heavy (non-hydrogen) atoms. The van der Waals surface area contributed by atoms with Gasteiger partial charge in [-0.05, 0) is 27.7 Å². The van der Waals surface area contributed by atoms with Crippen LogP contribution in [0.1, 0.15) is 34.1 Å². The molecule has 2 heterocycles. The highest BCUT2D eigenvalue weighted by Gasteiger charge is 2.50. The Hall–Kier alpha value is -0.890. The maximum atomic E-state index is 12.8. The van der Waals surface area contributed by atoms with Crippen LogP contribution in [0.2, 0.25) is 0 Å². The molecule has 3 rings (SSSR count). The van der Waals surface area contributed by atoms with Crippen molar-refractivity contribution in [3.63, 3.8) is 0 Å². The number of rotatable bonds is 5. The summed E-state index contributed by atoms with van der Waals surface area (Å²) in [6.07, 6.45) is -1.81. The average Bonchev–Trinajstić information content (AvgIpc) is 3.07. The predicted molar refractivity (Wildman–Crippen MR) is 95.3 cm³/mol. The largest absolute Gasteiger partial charge is 0.850 e. The summed E-state index contributed by atoms with van der Waals surface area (Å²) >= 11 is 1.56. The van der Waals surface area contributed by atoms with Crippen LogP contribution >= 0.6 is 0 Å². The summed E-state index contributed by atoms with van der Waals surface area (Å²) in [5, 5.41) is 14.7. The van der Waals surface area contributed by atoms with E-state index in [0.29, 0.717) is 13.0 Å². The van der Waals surface area contributed by atoms with Gasteiger partial charge in [0.05, 0.1) is 12.7 Å². The van der Waals surface area contributed by atoms with Crippen LogP contribution in [0.4, 0.5) is 0 Å². The Labute approximate surface area is 153 Å². The molecule has 5 nitrogen and oxygen atoms in total. The zero-order valence-corrected chi connectivity index (χ0v) is 16.0. The molecule has 1 aromatic rings. The van der Waals surface area contributed by atoms with Crippen molar-refractivity contribution in [2.45, 2.75) is 75.0 Å². The van der Waals surface area contributed by atoms with E-state index in [9.17, 15) is 5.11 Å². The standard InChI is InChI=1S/C19H26O5S/c1-18(2)21-12-15(22-18)17-16(23-19(3,4)24-17)14(20)10-11-25-13-8-6-5-7-9-13/h5-9,11,14-17H,10,12H2,1-4H3/t14-,15+,16+,17+/m0/s1. The van der Waals surface area contributed by atoms with E-state index >= 15 is 0 Å². The van der Waals surface area contributed by atoms with Gasteiger partial charge in [-0.3, -0.25) is 0 Å². The second-order valence-corrected chi connectivity index (χ2v) is 8.34. The highest BCUT2D eigenvalue weighted by Crippen LogP contribution is 2.36. The molecule has 0 unspecified atom stereocenters. The van der Waals surface area contributed by atoms with E-state index in [0.717, 1.165) is 4.90 Å². The van der Waals surface area contributed by atoms with Gasteiger partial charge in [-0.25, -0.2) is 0 Å². The lowest BCUT2D eigenvalue weighted by molar-refractivity contribution is -0.438. The van der Waals surface area contributed by atoms with Gasteiger partial charge >= 0.3 is 0 Å². The normalized spacial score (nSPS) is 32.3. The summed E-state index contributed by atoms with van der Waals surface area (Å²) in [6, 6.07) is 9.98. The van der Waals surface area contributed by atoms with Gasteiger partial charge in [0.15, 0.2) is 16.9 Å². The third kappa shape index (κ3) is 4.84. The monoisotopic (exact) mass is 366 g/mol. The zero-order chi connectivity index (χ0) is 18.1. The van der Waals surface area contributed by atoms with Crippen LogP contribution < -0.4 is 5.11 Å². The second kappa shape index (κ2) is 7.39. The highest BCUT2D eigenvalue weighted by atomic mass is 32.1. The summed E-state index contributed by atoms with van der Waals surface area (Å²) in [6.45, 7) is 7.79. The van der Waals surface area contributed by atoms with E-state index in [1.165, 1.54) is 0 Å². The van der Waals surface area contributed by atoms with Gasteiger partial charge in [-0.2, -0.15) is 0 Å². The molecule has 2 saturated heterocycles. The lowest BCUT2D eigenvalue weighted by Crippen LogP contribution is -2.49. The maximum absolute atomic E-state index is 12.8. The quantitative estimate of drug-likeness (QED) is 0.587. The Bertz CT molecular complexity index is 601. The second-order valence-electron chi connectivity index (χ2n) is 7.30. The molecule has 2 aliphatic rings. The molecule has 0 N–H and O–H groups in total. The van der Waals surface area contributed by atoms with Crippen LogP contribution in [-0.2, 0) is 30.3 Å². The SMILES string of the molecule is CC1(C)O[C@H]([C@@H]([O-])CC=[S+]c2ccccc2)[C@@H]([C@H]2COC(C)(C)O2)O1. The third-order valence-electron chi connectivity index (χ3n) is 4.22. The highest BCUT2D eigenvalue weighted by molar-refractivity contribution is 7.77. The summed E-state index contributed by atoms with van der Waals surface area (Å²) in [4.78, 5) is 1.12. The van der Waals surface area contributed by atoms with Gasteiger partial charge < -0.3 is 24.1 Å². The number of ether oxygens (including phenoxy) is 4. The maximum Gasteiger partial charge on any atom is 0.230 e. The first-order chi connectivity index (χ1) is 11.8. The van der Waals surface area contributed by atoms with E-state index in [4.69, 9.17) is 18.9 Å². The van der Waals surface area contributed by atoms with Gasteiger partial charge in [0.25, 0.3) is 0 Å². The number of hydrogen-bond acceptors (Lipinski definition) is 5. The fourth-order valence-electron chi connectivity index (χ4n) is 3.14. The van der Waals surface area contributed by atoms with Crippen LogP contribution in [0.25, 0.3) is 0 Å². The first kappa shape index (κ1) is 18.9. The lowest BCUT2D eigenvalue weighted by Gasteiger charge is -2.31. The summed E-state index contributed by atoms with van der Waals surface area (Å²) in [5.74, 6) is -1.44. The molecule has 6 heteroatoms. The Balaban J connectivity index is 1.64. The Morgan fingerprint density at radius 1 is 1.12 bits per heavy atom. The fraction of sp³-hybridized carbons (Fsp3) is 0.632. The average molecular weight is 366 g/mol. The fourth-order valence-corrected chi connectivity index (χ4v) is 3.93. The minimum Gasteiger partial charge on any atom is -0.850 e. The topological polar surface area (TPSA) is 60.0 Å². The van der Waals surface area contributed by atoms with Crippen molar-refractivity contribution in [1.29, 1.82) is 0 Å². The molecule has 2 fully saturated rings. The number of benzene rings is 1. The van der Waals surface area contributed by atoms with Gasteiger partial charge in [0.2, 0.25) is 16.2 Å². The third-order valence-corrected chi connectivity index (χ3v) is 5.12. The molecular weight excluding hydrogens is 340 g/mol. The van der Waals surface area contributed by atoms with Crippen molar-refractivity contribution in [3.05, 3.63) is 30.3 Å². The molecule has 138 valence electrons. The molecule has 0 spiro atoms. The first-order valence-electron chi connectivity index (χ1n) is 8.62.